The van der Waals surface area contributed by atoms with E-state index in [-0.39, 0.29) is 0 Å². The molecule has 0 unspecified atom stereocenters. The molecular formula is C10H10ClNO. The van der Waals surface area contributed by atoms with Crippen molar-refractivity contribution in [3.63, 3.8) is 0 Å². The van der Waals surface area contributed by atoms with Crippen LogP contribution in [0.15, 0.2) is 18.2 Å². The van der Waals surface area contributed by atoms with Gasteiger partial charge in [-0.05, 0) is 24.6 Å². The number of halogens is 1. The van der Waals surface area contributed by atoms with Gasteiger partial charge in [-0.1, -0.05) is 17.7 Å². The summed E-state index contributed by atoms with van der Waals surface area (Å²) in [7, 11) is 1.66. The first-order valence-corrected chi connectivity index (χ1v) is 4.42. The summed E-state index contributed by atoms with van der Waals surface area (Å²) < 4.78 is 5.24. The molecule has 0 bridgehead atoms. The van der Waals surface area contributed by atoms with Crippen LogP contribution in [-0.2, 0) is 0 Å². The predicted octanol–water partition coefficient (Wildman–Crippen LogP) is 3.14. The molecule has 0 aliphatic carbocycles. The number of rotatable bonds is 1. The van der Waals surface area contributed by atoms with Gasteiger partial charge in [0.2, 0.25) is 0 Å². The fourth-order valence-corrected chi connectivity index (χ4v) is 1.71. The molecule has 13 heavy (non-hydrogen) atoms. The minimum absolute atomic E-state index is 0.680. The lowest BCUT2D eigenvalue weighted by atomic mass is 10.2. The number of methoxy groups -OCH3 is 1. The number of benzene rings is 1. The molecule has 1 heterocycles. The third-order valence-electron chi connectivity index (χ3n) is 2.19. The molecule has 1 N–H and O–H groups in total. The number of aryl methyl sites for hydroxylation is 1. The van der Waals surface area contributed by atoms with Crippen LogP contribution in [0.3, 0.4) is 0 Å². The molecule has 0 saturated carbocycles. The summed E-state index contributed by atoms with van der Waals surface area (Å²) >= 11 is 5.97. The van der Waals surface area contributed by atoms with E-state index in [1.165, 1.54) is 0 Å². The van der Waals surface area contributed by atoms with Crippen molar-refractivity contribution in [1.82, 2.24) is 4.98 Å². The van der Waals surface area contributed by atoms with Gasteiger partial charge in [0, 0.05) is 5.39 Å². The lowest BCUT2D eigenvalue weighted by molar-refractivity contribution is 0.419. The summed E-state index contributed by atoms with van der Waals surface area (Å²) in [5, 5.41) is 1.74. The summed E-state index contributed by atoms with van der Waals surface area (Å²) in [6, 6.07) is 5.85. The molecular weight excluding hydrogens is 186 g/mol. The van der Waals surface area contributed by atoms with Crippen LogP contribution in [0.4, 0.5) is 0 Å². The maximum Gasteiger partial charge on any atom is 0.128 e. The zero-order valence-corrected chi connectivity index (χ0v) is 8.27. The molecule has 68 valence electrons. The number of nitrogens with one attached hydrogen (secondary N) is 1. The normalized spacial score (nSPS) is 10.7. The SMILES string of the molecule is COc1cccc2[nH]c(Cl)c(C)c12. The van der Waals surface area contributed by atoms with Crippen molar-refractivity contribution < 1.29 is 4.74 Å². The Kier molecular flexibility index (Phi) is 1.93. The number of fused-ring (bicyclic) bond motifs is 1. The van der Waals surface area contributed by atoms with E-state index in [1.807, 2.05) is 25.1 Å². The van der Waals surface area contributed by atoms with Crippen LogP contribution in [0.1, 0.15) is 5.56 Å². The Morgan fingerprint density at radius 3 is 2.85 bits per heavy atom. The fourth-order valence-electron chi connectivity index (χ4n) is 1.51. The zero-order valence-electron chi connectivity index (χ0n) is 7.52. The van der Waals surface area contributed by atoms with E-state index in [9.17, 15) is 0 Å². The van der Waals surface area contributed by atoms with Crippen LogP contribution in [0.25, 0.3) is 10.9 Å². The standard InChI is InChI=1S/C10H10ClNO/c1-6-9-7(12-10(6)11)4-3-5-8(9)13-2/h3-5,12H,1-2H3. The van der Waals surface area contributed by atoms with E-state index in [4.69, 9.17) is 16.3 Å². The van der Waals surface area contributed by atoms with Crippen molar-refractivity contribution in [2.45, 2.75) is 6.92 Å². The highest BCUT2D eigenvalue weighted by atomic mass is 35.5. The van der Waals surface area contributed by atoms with Crippen molar-refractivity contribution in [2.75, 3.05) is 7.11 Å². The molecule has 0 saturated heterocycles. The molecule has 0 atom stereocenters. The summed E-state index contributed by atoms with van der Waals surface area (Å²) in [4.78, 5) is 3.09. The highest BCUT2D eigenvalue weighted by Gasteiger charge is 2.09. The smallest absolute Gasteiger partial charge is 0.128 e. The monoisotopic (exact) mass is 195 g/mol. The van der Waals surface area contributed by atoms with Crippen LogP contribution < -0.4 is 4.74 Å². The van der Waals surface area contributed by atoms with Crippen LogP contribution in [0, 0.1) is 6.92 Å². The van der Waals surface area contributed by atoms with E-state index in [0.717, 1.165) is 22.2 Å². The zero-order chi connectivity index (χ0) is 9.42. The van der Waals surface area contributed by atoms with Crippen molar-refractivity contribution in [3.05, 3.63) is 28.9 Å². The minimum atomic E-state index is 0.680. The van der Waals surface area contributed by atoms with Crippen molar-refractivity contribution in [3.8, 4) is 5.75 Å². The van der Waals surface area contributed by atoms with Gasteiger partial charge in [0.05, 0.1) is 12.6 Å². The molecule has 0 aliphatic rings. The predicted molar refractivity (Wildman–Crippen MR) is 54.6 cm³/mol. The second kappa shape index (κ2) is 2.96. The van der Waals surface area contributed by atoms with Gasteiger partial charge in [-0.15, -0.1) is 0 Å². The van der Waals surface area contributed by atoms with Gasteiger partial charge in [0.15, 0.2) is 0 Å². The Morgan fingerprint density at radius 1 is 1.38 bits per heavy atom. The van der Waals surface area contributed by atoms with Crippen LogP contribution in [0.2, 0.25) is 5.15 Å². The summed E-state index contributed by atoms with van der Waals surface area (Å²) in [5.74, 6) is 0.859. The Hall–Kier alpha value is -1.15. The molecule has 2 aromatic rings. The number of aromatic amines is 1. The Bertz CT molecular complexity index is 447. The Balaban J connectivity index is 2.87. The fraction of sp³-hybridized carbons (Fsp3) is 0.200. The average Bonchev–Trinajstić information content (AvgIpc) is 2.43. The summed E-state index contributed by atoms with van der Waals surface area (Å²) in [6.45, 7) is 1.98. The molecule has 1 aromatic heterocycles. The van der Waals surface area contributed by atoms with Gasteiger partial charge in [-0.25, -0.2) is 0 Å². The van der Waals surface area contributed by atoms with Crippen LogP contribution in [-0.4, -0.2) is 12.1 Å². The molecule has 2 rings (SSSR count). The second-order valence-electron chi connectivity index (χ2n) is 2.95. The van der Waals surface area contributed by atoms with E-state index >= 15 is 0 Å². The third kappa shape index (κ3) is 1.18. The van der Waals surface area contributed by atoms with Crippen molar-refractivity contribution in [2.24, 2.45) is 0 Å². The Morgan fingerprint density at radius 2 is 2.15 bits per heavy atom. The van der Waals surface area contributed by atoms with Gasteiger partial charge < -0.3 is 9.72 Å². The lowest BCUT2D eigenvalue weighted by Crippen LogP contribution is -1.83. The maximum atomic E-state index is 5.97. The molecule has 0 fully saturated rings. The lowest BCUT2D eigenvalue weighted by Gasteiger charge is -2.01. The summed E-state index contributed by atoms with van der Waals surface area (Å²) in [6.07, 6.45) is 0. The van der Waals surface area contributed by atoms with E-state index in [1.54, 1.807) is 7.11 Å². The molecule has 0 amide bonds. The third-order valence-corrected chi connectivity index (χ3v) is 2.57. The highest BCUT2D eigenvalue weighted by Crippen LogP contribution is 2.32. The first kappa shape index (κ1) is 8.45. The molecule has 3 heteroatoms. The number of ether oxygens (including phenoxy) is 1. The highest BCUT2D eigenvalue weighted by molar-refractivity contribution is 6.31. The topological polar surface area (TPSA) is 25.0 Å². The number of aromatic nitrogens is 1. The Labute approximate surface area is 81.5 Å². The van der Waals surface area contributed by atoms with Gasteiger partial charge in [0.1, 0.15) is 10.9 Å². The maximum absolute atomic E-state index is 5.97. The van der Waals surface area contributed by atoms with Crippen molar-refractivity contribution in [1.29, 1.82) is 0 Å². The molecule has 1 aromatic carbocycles. The van der Waals surface area contributed by atoms with Crippen molar-refractivity contribution >= 4 is 22.5 Å². The molecule has 0 aliphatic heterocycles. The average molecular weight is 196 g/mol. The molecule has 0 radical (unpaired) electrons. The number of hydrogen-bond donors (Lipinski definition) is 1. The molecule has 2 nitrogen and oxygen atoms in total. The largest absolute Gasteiger partial charge is 0.496 e. The van der Waals surface area contributed by atoms with Crippen LogP contribution >= 0.6 is 11.6 Å². The number of H-pyrrole nitrogens is 1. The van der Waals surface area contributed by atoms with Gasteiger partial charge in [-0.2, -0.15) is 0 Å². The minimum Gasteiger partial charge on any atom is -0.496 e. The van der Waals surface area contributed by atoms with Gasteiger partial charge >= 0.3 is 0 Å². The summed E-state index contributed by atoms with van der Waals surface area (Å²) in [5.41, 5.74) is 2.05. The quantitative estimate of drug-likeness (QED) is 0.743. The van der Waals surface area contributed by atoms with Gasteiger partial charge in [0.25, 0.3) is 0 Å². The first-order chi connectivity index (χ1) is 6.24. The number of hydrogen-bond acceptors (Lipinski definition) is 1. The van der Waals surface area contributed by atoms with E-state index in [0.29, 0.717) is 5.15 Å². The van der Waals surface area contributed by atoms with Crippen LogP contribution in [0.5, 0.6) is 5.75 Å². The first-order valence-electron chi connectivity index (χ1n) is 4.05. The second-order valence-corrected chi connectivity index (χ2v) is 3.32. The molecule has 0 spiro atoms. The van der Waals surface area contributed by atoms with E-state index in [2.05, 4.69) is 4.98 Å². The van der Waals surface area contributed by atoms with Gasteiger partial charge in [-0.3, -0.25) is 0 Å². The van der Waals surface area contributed by atoms with E-state index < -0.39 is 0 Å².